The van der Waals surface area contributed by atoms with Crippen molar-refractivity contribution in [2.75, 3.05) is 48.4 Å². The summed E-state index contributed by atoms with van der Waals surface area (Å²) in [6.07, 6.45) is 7.39. The first-order valence-electron chi connectivity index (χ1n) is 24.3. The molecule has 5 heterocycles. The van der Waals surface area contributed by atoms with E-state index in [1.807, 2.05) is 19.2 Å². The topological polar surface area (TPSA) is 409 Å². The Labute approximate surface area is 540 Å². The second-order valence-corrected chi connectivity index (χ2v) is 16.2. The molecule has 5 aromatic carbocycles. The second kappa shape index (κ2) is 40.3. The standard InChI is InChI=1S/3C10H10N4O3.C10H12N4O.C9H8N4O3.CH3F.5CH4.CH3.Pd/c2*1-13-6-11-10(12-13)7-4-3-5-8(14(15)16)9(7)17-2;1-13-10(11-6-12-13)7-4-3-5-8(14(15)16)9(7)17-2;1-14-6-12-10(13-14)7-4-3-5-8(11)9(7)15-2;1-16-8-6(9-10-5-11-12-9)3-2-4-7(8)13(14)15;1-2;;;;;;;/h3*3-6H,1-2H3;3-6H,11H2,1-2H3;2-5H,1H3,(H,10,11,12);1H3;5*1H4;1H3;/q;;;;;;;;;;;-1;/i;;;;;1D;;;;;;;. The van der Waals surface area contributed by atoms with E-state index in [4.69, 9.17) is 30.8 Å². The number of methoxy groups -OCH3 is 5. The third-order valence-corrected chi connectivity index (χ3v) is 11.0. The normalized spacial score (nSPS) is 9.41. The number of nitrogens with zero attached hydrogens (tertiary/aromatic N) is 18. The van der Waals surface area contributed by atoms with Gasteiger partial charge < -0.3 is 36.8 Å². The van der Waals surface area contributed by atoms with Gasteiger partial charge in [0.2, 0.25) is 23.0 Å². The van der Waals surface area contributed by atoms with Gasteiger partial charge >= 0.3 is 22.7 Å². The van der Waals surface area contributed by atoms with Gasteiger partial charge in [-0.2, -0.15) is 25.5 Å². The number of nitrogens with two attached hydrogens (primary N) is 1. The van der Waals surface area contributed by atoms with Crippen molar-refractivity contribution in [1.82, 2.24) is 74.2 Å². The molecule has 10 aromatic rings. The van der Waals surface area contributed by atoms with Gasteiger partial charge in [-0.25, -0.2) is 29.6 Å². The van der Waals surface area contributed by atoms with Crippen LogP contribution in [0.3, 0.4) is 0 Å². The minimum atomic E-state index is -1.00. The van der Waals surface area contributed by atoms with Crippen molar-refractivity contribution in [3.8, 4) is 85.7 Å². The monoisotopic (exact) mass is 1360 g/mol. The molecule has 0 bridgehead atoms. The summed E-state index contributed by atoms with van der Waals surface area (Å²) < 4.78 is 47.2. The number of nitrogen functional groups attached to an aromatic ring is 1. The molecule has 0 aliphatic carbocycles. The Bertz CT molecular complexity index is 3770. The number of aromatic nitrogens is 15. The van der Waals surface area contributed by atoms with Crippen molar-refractivity contribution in [2.24, 2.45) is 28.2 Å². The second-order valence-electron chi connectivity index (χ2n) is 16.2. The van der Waals surface area contributed by atoms with Crippen LogP contribution in [0, 0.1) is 47.9 Å². The number of nitro groups is 4. The summed E-state index contributed by atoms with van der Waals surface area (Å²) in [6.45, 7) is 0. The predicted molar refractivity (Wildman–Crippen MR) is 338 cm³/mol. The Morgan fingerprint density at radius 2 is 0.791 bits per heavy atom. The number of nitrogens with one attached hydrogen (secondary N) is 1. The Balaban J connectivity index is -0.00000104. The van der Waals surface area contributed by atoms with Crippen molar-refractivity contribution in [3.63, 3.8) is 0 Å². The quantitative estimate of drug-likeness (QED) is 0.0336. The van der Waals surface area contributed by atoms with Gasteiger partial charge in [-0.1, -0.05) is 67.5 Å². The fraction of sp³-hybridized carbons (Fsp3) is 0.268. The molecule has 10 rings (SSSR count). The molecule has 0 spiro atoms. The van der Waals surface area contributed by atoms with E-state index in [0.29, 0.717) is 62.8 Å². The summed E-state index contributed by atoms with van der Waals surface area (Å²) in [5.74, 6) is 3.67. The van der Waals surface area contributed by atoms with Gasteiger partial charge in [0.1, 0.15) is 31.6 Å². The van der Waals surface area contributed by atoms with E-state index in [1.165, 1.54) is 92.1 Å². The number of rotatable bonds is 14. The number of nitro benzene ring substituents is 4. The van der Waals surface area contributed by atoms with Crippen LogP contribution in [0.5, 0.6) is 28.7 Å². The molecule has 0 radical (unpaired) electrons. The number of anilines is 1. The number of aromatic amines is 1. The molecule has 0 atom stereocenters. The first-order valence-corrected chi connectivity index (χ1v) is 23.6. The summed E-state index contributed by atoms with van der Waals surface area (Å²) in [6, 6.07) is 24.1. The van der Waals surface area contributed by atoms with Gasteiger partial charge in [0.05, 0.1) is 97.3 Å². The minimum Gasteiger partial charge on any atom is -0.494 e. The zero-order valence-electron chi connectivity index (χ0n) is 48.4. The number of para-hydroxylation sites is 5. The van der Waals surface area contributed by atoms with Gasteiger partial charge in [-0.15, -0.1) is 0 Å². The van der Waals surface area contributed by atoms with Crippen LogP contribution >= 0.6 is 0 Å². The number of halogens is 1. The molecule has 0 fully saturated rings. The maximum absolute atomic E-state index is 10.9. The third-order valence-electron chi connectivity index (χ3n) is 11.0. The molecule has 5 aromatic heterocycles. The molecule has 3 N–H and O–H groups in total. The fourth-order valence-corrected chi connectivity index (χ4v) is 7.47. The predicted octanol–water partition coefficient (Wildman–Crippen LogP) is 10.9. The first kappa shape index (κ1) is 81.9. The van der Waals surface area contributed by atoms with E-state index in [1.54, 1.807) is 93.9 Å². The molecular weight excluding hydrogens is 1290 g/mol. The maximum Gasteiger partial charge on any atom is 0.311 e. The smallest absolute Gasteiger partial charge is 0.311 e. The Hall–Kier alpha value is -11.2. The Morgan fingerprint density at radius 1 is 0.484 bits per heavy atom. The molecule has 0 amide bonds. The molecule has 35 heteroatoms. The van der Waals surface area contributed by atoms with Crippen molar-refractivity contribution < 1.29 is 69.6 Å². The molecule has 0 saturated heterocycles. The number of hydrogen-bond donors (Lipinski definition) is 2. The summed E-state index contributed by atoms with van der Waals surface area (Å²) in [5.41, 5.74) is 8.84. The van der Waals surface area contributed by atoms with E-state index in [9.17, 15) is 44.8 Å². The van der Waals surface area contributed by atoms with Crippen molar-refractivity contribution in [1.29, 1.82) is 0 Å². The van der Waals surface area contributed by atoms with Crippen molar-refractivity contribution >= 4 is 28.4 Å². The summed E-state index contributed by atoms with van der Waals surface area (Å²) >= 11 is 0. The van der Waals surface area contributed by atoms with E-state index in [-0.39, 0.29) is 111 Å². The van der Waals surface area contributed by atoms with Crippen LogP contribution in [0.1, 0.15) is 38.5 Å². The largest absolute Gasteiger partial charge is 0.494 e. The van der Waals surface area contributed by atoms with E-state index in [2.05, 4.69) is 55.5 Å². The molecule has 496 valence electrons. The maximum atomic E-state index is 10.9. The molecule has 0 saturated carbocycles. The fourth-order valence-electron chi connectivity index (χ4n) is 7.47. The molecular formula is C56H76FN20O13Pd-. The Kier molecular flexibility index (Phi) is 36.2. The summed E-state index contributed by atoms with van der Waals surface area (Å²) in [7, 11) is 13.1. The van der Waals surface area contributed by atoms with Crippen LogP contribution in [-0.2, 0) is 48.6 Å². The van der Waals surface area contributed by atoms with Gasteiger partial charge in [0, 0.05) is 72.9 Å². The average molecular weight is 1360 g/mol. The van der Waals surface area contributed by atoms with Crippen LogP contribution in [0.2, 0.25) is 0 Å². The minimum absolute atomic E-state index is 0. The van der Waals surface area contributed by atoms with E-state index >= 15 is 0 Å². The molecule has 91 heavy (non-hydrogen) atoms. The van der Waals surface area contributed by atoms with Gasteiger partial charge in [0.25, 0.3) is 0 Å². The molecule has 33 nitrogen and oxygen atoms in total. The van der Waals surface area contributed by atoms with Crippen LogP contribution < -0.4 is 29.4 Å². The molecule has 0 unspecified atom stereocenters. The zero-order chi connectivity index (χ0) is 62.3. The van der Waals surface area contributed by atoms with Crippen LogP contribution in [0.4, 0.5) is 32.8 Å². The number of hydrogen-bond acceptors (Lipinski definition) is 24. The number of H-pyrrole nitrogens is 1. The number of aryl methyl sites for hydroxylation is 4. The van der Waals surface area contributed by atoms with Gasteiger partial charge in [0.15, 0.2) is 34.9 Å². The van der Waals surface area contributed by atoms with Crippen LogP contribution in [0.15, 0.2) is 123 Å². The van der Waals surface area contributed by atoms with Crippen molar-refractivity contribution in [3.05, 3.63) is 171 Å². The molecule has 0 aliphatic heterocycles. The molecule has 0 aliphatic rings. The summed E-state index contributed by atoms with van der Waals surface area (Å²) in [5, 5.41) is 66.0. The SMILES string of the molecule is C.C.C.C.C.COc1c(-c2ncn(C)n2)cccc1[N+](=O)[O-].COc1c(-c2ncn(C)n2)cccc1[N+](=O)[O-].COc1c(-c2ncn[nH]2)cccc1[N+](=O)[O-].COc1c(-c2ncnn2C)cccc1[N+](=O)[O-].COc1c(N)cccc1-c1ncn(C)n1.[2H]CF.[CH3-].[Pd]. The van der Waals surface area contributed by atoms with E-state index in [0.717, 1.165) is 5.56 Å². The van der Waals surface area contributed by atoms with Crippen molar-refractivity contribution in [2.45, 2.75) is 37.1 Å². The zero-order valence-corrected chi connectivity index (χ0v) is 48.9. The first-order chi connectivity index (χ1) is 40.8. The number of benzene rings is 5. The van der Waals surface area contributed by atoms with Crippen LogP contribution in [0.25, 0.3) is 56.9 Å². The van der Waals surface area contributed by atoms with Gasteiger partial charge in [-0.3, -0.25) is 64.0 Å². The summed E-state index contributed by atoms with van der Waals surface area (Å²) in [4.78, 5) is 61.6. The van der Waals surface area contributed by atoms with Gasteiger partial charge in [-0.05, 0) is 36.4 Å². The number of alkyl halides is 1. The van der Waals surface area contributed by atoms with Crippen LogP contribution in [-0.4, -0.2) is 137 Å². The van der Waals surface area contributed by atoms with E-state index < -0.39 is 26.8 Å². The number of ether oxygens (including phenoxy) is 5. The third kappa shape index (κ3) is 21.0. The average Bonchev–Trinajstić information content (AvgIpc) is 1.79. The Morgan fingerprint density at radius 3 is 1.08 bits per heavy atom.